The first-order valence-corrected chi connectivity index (χ1v) is 18.9. The van der Waals surface area contributed by atoms with Crippen molar-refractivity contribution in [1.82, 2.24) is 0 Å². The van der Waals surface area contributed by atoms with Crippen molar-refractivity contribution in [2.45, 2.75) is 178 Å². The molecule has 91 heavy (non-hydrogen) atoms. The molecule has 0 aromatic heterocycles. The quantitative estimate of drug-likeness (QED) is 0.0685. The SMILES string of the molecule is FC(F)C(F)(F)C(F)(F)C(F)(F)C(F)(F)C(F)(F)C(F)(F)C(F)(F)C(F)(F)C(F)(F)C(F)(F)C(F)(F)C(F)(F)C(F)(F)C(F)(F)C(F)(F)C(F)(F)C(F)(F)C(F)(F)C(F)(F)C(F)(F)C(F)(F)C(F)(F)C(F)(F)C(F)(F)C(F)(F)C(F)(F)C(F)(F)C(F)(F)C(F)(F)F. The minimum Gasteiger partial charge on any atom is -0.203 e. The maximum absolute atomic E-state index is 14.2. The van der Waals surface area contributed by atoms with Crippen molar-refractivity contribution in [1.29, 1.82) is 0 Å². The molecule has 0 aromatic carbocycles. The van der Waals surface area contributed by atoms with E-state index in [1.807, 2.05) is 0 Å². The molecule has 0 aliphatic heterocycles. The van der Waals surface area contributed by atoms with Gasteiger partial charge in [0.2, 0.25) is 0 Å². The van der Waals surface area contributed by atoms with Crippen LogP contribution in [0.2, 0.25) is 0 Å². The van der Waals surface area contributed by atoms with E-state index >= 15 is 0 Å². The van der Waals surface area contributed by atoms with Gasteiger partial charge in [0, 0.05) is 0 Å². The zero-order valence-electron chi connectivity index (χ0n) is 38.1. The second-order valence-electron chi connectivity index (χ2n) is 16.9. The standard InChI is InChI=1S/C30HF61/c31-1(32)2(33,34)3(35,36)4(37,38)5(39,40)6(41,42)7(43,44)8(45,46)9(47,48)10(49,50)11(51,52)12(53,54)13(55,56)14(57,58)15(59,60)16(61,62)17(63,64)18(65,66)19(67,68)20(69,70)21(71,72)22(73,74)23(75,76)24(77,78)25(79,80)26(81,82)27(83,84)28(85,86)29(87,88)30(89,90)91/h1H. The van der Waals surface area contributed by atoms with Crippen LogP contribution >= 0.6 is 0 Å². The summed E-state index contributed by atoms with van der Waals surface area (Å²) >= 11 is 0. The van der Waals surface area contributed by atoms with Crippen molar-refractivity contribution in [3.05, 3.63) is 0 Å². The predicted molar refractivity (Wildman–Crippen MR) is 151 cm³/mol. The molecule has 0 bridgehead atoms. The van der Waals surface area contributed by atoms with Crippen molar-refractivity contribution in [3.63, 3.8) is 0 Å². The van der Waals surface area contributed by atoms with E-state index < -0.39 is 178 Å². The molecular weight excluding hydrogens is 1520 g/mol. The van der Waals surface area contributed by atoms with Gasteiger partial charge in [-0.25, -0.2) is 8.78 Å². The molecule has 0 aliphatic carbocycles. The summed E-state index contributed by atoms with van der Waals surface area (Å²) in [6, 6.07) is 0. The third-order valence-electron chi connectivity index (χ3n) is 11.3. The number of rotatable bonds is 28. The highest BCUT2D eigenvalue weighted by Gasteiger charge is 3.06. The Labute approximate surface area is 447 Å². The predicted octanol–water partition coefficient (Wildman–Crippen LogP) is 19.6. The molecule has 0 saturated heterocycles. The maximum Gasteiger partial charge on any atom is 0.460 e. The maximum atomic E-state index is 14.2. The molecule has 0 spiro atoms. The van der Waals surface area contributed by atoms with E-state index in [-0.39, 0.29) is 0 Å². The fraction of sp³-hybridized carbons (Fsp3) is 1.00. The summed E-state index contributed by atoms with van der Waals surface area (Å²) in [6.07, 6.45) is -15.5. The third kappa shape index (κ3) is 9.34. The first-order valence-electron chi connectivity index (χ1n) is 18.9. The smallest absolute Gasteiger partial charge is 0.203 e. The van der Waals surface area contributed by atoms with Crippen LogP contribution in [0.4, 0.5) is 268 Å². The van der Waals surface area contributed by atoms with Crippen molar-refractivity contribution in [3.8, 4) is 0 Å². The first kappa shape index (κ1) is 86.7. The van der Waals surface area contributed by atoms with Gasteiger partial charge in [0.15, 0.2) is 0 Å². The van der Waals surface area contributed by atoms with Crippen LogP contribution < -0.4 is 0 Å². The summed E-state index contributed by atoms with van der Waals surface area (Å²) in [6.45, 7) is 0. The van der Waals surface area contributed by atoms with Gasteiger partial charge in [-0.2, -0.15) is 259 Å². The fourth-order valence-electron chi connectivity index (χ4n) is 5.45. The Balaban J connectivity index is 8.38. The van der Waals surface area contributed by atoms with E-state index in [1.165, 1.54) is 0 Å². The zero-order valence-corrected chi connectivity index (χ0v) is 38.1. The molecule has 0 saturated carbocycles. The van der Waals surface area contributed by atoms with Crippen LogP contribution in [0.5, 0.6) is 0 Å². The summed E-state index contributed by atoms with van der Waals surface area (Å²) in [4.78, 5) is 0. The van der Waals surface area contributed by atoms with Gasteiger partial charge in [0.05, 0.1) is 0 Å². The molecule has 0 amide bonds. The molecule has 0 unspecified atom stereocenters. The van der Waals surface area contributed by atoms with Gasteiger partial charge < -0.3 is 0 Å². The first-order chi connectivity index (χ1) is 37.9. The average Bonchev–Trinajstić information content (AvgIpc) is 3.31. The Hall–Kier alpha value is -4.27. The van der Waals surface area contributed by atoms with Crippen LogP contribution in [-0.4, -0.2) is 178 Å². The lowest BCUT2D eigenvalue weighted by Crippen LogP contribution is -2.81. The summed E-state index contributed by atoms with van der Waals surface area (Å²) < 4.78 is 839. The van der Waals surface area contributed by atoms with Crippen LogP contribution in [0, 0.1) is 0 Å². The van der Waals surface area contributed by atoms with E-state index in [1.54, 1.807) is 0 Å². The second kappa shape index (κ2) is 20.6. The Morgan fingerprint density at radius 2 is 0.165 bits per heavy atom. The minimum absolute atomic E-state index is 6.80. The summed E-state index contributed by atoms with van der Waals surface area (Å²) in [5.41, 5.74) is 0. The minimum atomic E-state index is -11.2. The molecule has 61 heteroatoms. The van der Waals surface area contributed by atoms with E-state index in [9.17, 15) is 268 Å². The lowest BCUT2D eigenvalue weighted by Gasteiger charge is -2.48. The normalized spacial score (nSPS) is 17.6. The van der Waals surface area contributed by atoms with E-state index in [2.05, 4.69) is 0 Å². The molecule has 0 radical (unpaired) electrons. The van der Waals surface area contributed by atoms with Crippen molar-refractivity contribution in [2.24, 2.45) is 0 Å². The topological polar surface area (TPSA) is 0 Å². The van der Waals surface area contributed by atoms with Crippen LogP contribution in [0.1, 0.15) is 0 Å². The van der Waals surface area contributed by atoms with Crippen LogP contribution in [0.15, 0.2) is 0 Å². The molecule has 0 N–H and O–H groups in total. The van der Waals surface area contributed by atoms with Crippen LogP contribution in [-0.2, 0) is 0 Å². The summed E-state index contributed by atoms with van der Waals surface area (Å²) in [7, 11) is 0. The highest BCUT2D eigenvalue weighted by atomic mass is 19.5. The number of hydrogen-bond acceptors (Lipinski definition) is 0. The zero-order chi connectivity index (χ0) is 76.1. The van der Waals surface area contributed by atoms with Gasteiger partial charge in [-0.3, -0.25) is 0 Å². The largest absolute Gasteiger partial charge is 0.460 e. The molecule has 0 aliphatic rings. The Bertz CT molecular complexity index is 2600. The van der Waals surface area contributed by atoms with Gasteiger partial charge in [-0.1, -0.05) is 0 Å². The Kier molecular flexibility index (Phi) is 19.7. The third-order valence-corrected chi connectivity index (χ3v) is 11.3. The lowest BCUT2D eigenvalue weighted by atomic mass is 9.81. The summed E-state index contributed by atoms with van der Waals surface area (Å²) in [5, 5.41) is 0. The van der Waals surface area contributed by atoms with Crippen molar-refractivity contribution in [2.75, 3.05) is 0 Å². The van der Waals surface area contributed by atoms with Gasteiger partial charge >= 0.3 is 178 Å². The molecule has 0 aromatic rings. The van der Waals surface area contributed by atoms with E-state index in [4.69, 9.17) is 0 Å². The average molecular weight is 1520 g/mol. The number of alkyl halides is 61. The second-order valence-corrected chi connectivity index (χ2v) is 16.9. The monoisotopic (exact) mass is 1520 g/mol. The summed E-state index contributed by atoms with van der Waals surface area (Å²) in [5.74, 6) is -298. The highest BCUT2D eigenvalue weighted by molar-refractivity contribution is 5.26. The van der Waals surface area contributed by atoms with Crippen LogP contribution in [0.25, 0.3) is 0 Å². The van der Waals surface area contributed by atoms with Crippen molar-refractivity contribution >= 4 is 0 Å². The molecule has 0 fully saturated rings. The number of halogens is 61. The molecule has 0 nitrogen and oxygen atoms in total. The molecule has 0 atom stereocenters. The molecule has 548 valence electrons. The fourth-order valence-corrected chi connectivity index (χ4v) is 5.45. The molecule has 0 rings (SSSR count). The van der Waals surface area contributed by atoms with E-state index in [0.29, 0.717) is 0 Å². The van der Waals surface area contributed by atoms with Crippen LogP contribution in [0.3, 0.4) is 0 Å². The molecular formula is C30HF61. The Morgan fingerprint density at radius 1 is 0.0989 bits per heavy atom. The van der Waals surface area contributed by atoms with Crippen molar-refractivity contribution < 1.29 is 268 Å². The number of hydrogen-bond donors (Lipinski definition) is 0. The lowest BCUT2D eigenvalue weighted by molar-refractivity contribution is -0.500. The van der Waals surface area contributed by atoms with Gasteiger partial charge in [-0.15, -0.1) is 0 Å². The Morgan fingerprint density at radius 3 is 0.231 bits per heavy atom. The van der Waals surface area contributed by atoms with Gasteiger partial charge in [0.1, 0.15) is 0 Å². The van der Waals surface area contributed by atoms with Gasteiger partial charge in [0.25, 0.3) is 0 Å². The van der Waals surface area contributed by atoms with Gasteiger partial charge in [-0.05, 0) is 0 Å². The highest BCUT2D eigenvalue weighted by Crippen LogP contribution is 2.74. The van der Waals surface area contributed by atoms with E-state index in [0.717, 1.165) is 0 Å². The molecule has 0 heterocycles.